The number of hydrogen-bond acceptors (Lipinski definition) is 4. The highest BCUT2D eigenvalue weighted by Crippen LogP contribution is 2.31. The zero-order valence-corrected chi connectivity index (χ0v) is 19.9. The average molecular weight is 547 g/mol. The minimum atomic E-state index is -2.92. The molecule has 0 aliphatic heterocycles. The summed E-state index contributed by atoms with van der Waals surface area (Å²) in [5.74, 6) is 2.39. The van der Waals surface area contributed by atoms with Gasteiger partial charge in [-0.25, -0.2) is 0 Å². The van der Waals surface area contributed by atoms with Gasteiger partial charge in [-0.05, 0) is 42.5 Å². The highest BCUT2D eigenvalue weighted by atomic mass is 127. The van der Waals surface area contributed by atoms with E-state index in [0.29, 0.717) is 25.0 Å². The topological polar surface area (TPSA) is 64.1 Å². The predicted octanol–water partition coefficient (Wildman–Crippen LogP) is 4.57. The largest absolute Gasteiger partial charge is 0.493 e. The van der Waals surface area contributed by atoms with Gasteiger partial charge in [0.15, 0.2) is 17.5 Å². The number of methoxy groups -OCH3 is 1. The summed E-state index contributed by atoms with van der Waals surface area (Å²) in [6.07, 6.45) is 2.48. The molecule has 1 saturated carbocycles. The molecule has 6 nitrogen and oxygen atoms in total. The number of guanidine groups is 1. The van der Waals surface area contributed by atoms with Crippen LogP contribution in [0.25, 0.3) is 0 Å². The second-order valence-corrected chi connectivity index (χ2v) is 7.01. The lowest BCUT2D eigenvalue weighted by Crippen LogP contribution is -2.36. The van der Waals surface area contributed by atoms with Gasteiger partial charge < -0.3 is 24.8 Å². The molecule has 3 rings (SSSR count). The van der Waals surface area contributed by atoms with Crippen molar-refractivity contribution in [2.24, 2.45) is 10.9 Å². The van der Waals surface area contributed by atoms with Crippen LogP contribution in [-0.4, -0.2) is 33.3 Å². The Hall–Kier alpha value is -2.30. The quantitative estimate of drug-likeness (QED) is 0.259. The first-order valence-corrected chi connectivity index (χ1v) is 9.86. The molecule has 0 atom stereocenters. The third kappa shape index (κ3) is 8.04. The minimum Gasteiger partial charge on any atom is -0.493 e. The molecule has 0 saturated heterocycles. The van der Waals surface area contributed by atoms with E-state index in [1.807, 2.05) is 24.3 Å². The van der Waals surface area contributed by atoms with Crippen molar-refractivity contribution in [3.8, 4) is 17.2 Å². The van der Waals surface area contributed by atoms with Crippen LogP contribution in [-0.2, 0) is 13.1 Å². The summed E-state index contributed by atoms with van der Waals surface area (Å²) < 4.78 is 40.7. The fourth-order valence-corrected chi connectivity index (χ4v) is 2.89. The van der Waals surface area contributed by atoms with Crippen LogP contribution in [0.4, 0.5) is 8.78 Å². The van der Waals surface area contributed by atoms with Gasteiger partial charge in [-0.2, -0.15) is 8.78 Å². The van der Waals surface area contributed by atoms with Crippen LogP contribution in [0.1, 0.15) is 24.0 Å². The smallest absolute Gasteiger partial charge is 0.387 e. The van der Waals surface area contributed by atoms with E-state index in [-0.39, 0.29) is 35.5 Å². The van der Waals surface area contributed by atoms with E-state index in [9.17, 15) is 8.78 Å². The number of nitrogens with one attached hydrogen (secondary N) is 2. The number of alkyl halides is 2. The highest BCUT2D eigenvalue weighted by molar-refractivity contribution is 14.0. The fourth-order valence-electron chi connectivity index (χ4n) is 2.89. The minimum absolute atomic E-state index is 0. The summed E-state index contributed by atoms with van der Waals surface area (Å²) in [5.41, 5.74) is 1.79. The van der Waals surface area contributed by atoms with Gasteiger partial charge in [0.1, 0.15) is 5.75 Å². The molecule has 1 fully saturated rings. The molecule has 170 valence electrons. The second-order valence-electron chi connectivity index (χ2n) is 7.01. The van der Waals surface area contributed by atoms with E-state index < -0.39 is 6.61 Å². The molecular weight excluding hydrogens is 519 g/mol. The molecule has 0 spiro atoms. The number of benzene rings is 2. The molecule has 1 aliphatic carbocycles. The Bertz CT molecular complexity index is 864. The number of rotatable bonds is 10. The summed E-state index contributed by atoms with van der Waals surface area (Å²) in [7, 11) is 3.08. The summed E-state index contributed by atoms with van der Waals surface area (Å²) in [4.78, 5) is 4.21. The highest BCUT2D eigenvalue weighted by Gasteiger charge is 2.22. The van der Waals surface area contributed by atoms with Gasteiger partial charge in [-0.15, -0.1) is 24.0 Å². The molecule has 0 radical (unpaired) electrons. The van der Waals surface area contributed by atoms with Crippen LogP contribution in [0.15, 0.2) is 47.5 Å². The maximum absolute atomic E-state index is 12.6. The maximum atomic E-state index is 12.6. The number of aliphatic imine (C=N–C) groups is 1. The number of para-hydroxylation sites is 1. The number of halogens is 3. The van der Waals surface area contributed by atoms with Gasteiger partial charge in [-0.3, -0.25) is 4.99 Å². The van der Waals surface area contributed by atoms with Crippen LogP contribution in [0.5, 0.6) is 17.2 Å². The van der Waals surface area contributed by atoms with Gasteiger partial charge in [0, 0.05) is 25.7 Å². The Morgan fingerprint density at radius 2 is 1.81 bits per heavy atom. The van der Waals surface area contributed by atoms with E-state index >= 15 is 0 Å². The van der Waals surface area contributed by atoms with Crippen LogP contribution < -0.4 is 24.8 Å². The number of nitrogens with zero attached hydrogens (tertiary/aromatic N) is 1. The van der Waals surface area contributed by atoms with Crippen molar-refractivity contribution in [1.82, 2.24) is 10.6 Å². The SMILES string of the molecule is CN=C(NCc1ccc(OC)c(OC(F)F)c1)NCc1ccccc1OCC1CC1.I. The van der Waals surface area contributed by atoms with E-state index in [1.165, 1.54) is 26.0 Å². The molecule has 9 heteroatoms. The Morgan fingerprint density at radius 3 is 2.48 bits per heavy atom. The first kappa shape index (κ1) is 25.0. The first-order chi connectivity index (χ1) is 14.6. The van der Waals surface area contributed by atoms with Crippen molar-refractivity contribution in [2.45, 2.75) is 32.5 Å². The summed E-state index contributed by atoms with van der Waals surface area (Å²) in [5, 5.41) is 6.42. The Balaban J connectivity index is 0.00000341. The predicted molar refractivity (Wildman–Crippen MR) is 127 cm³/mol. The normalized spacial score (nSPS) is 13.4. The van der Waals surface area contributed by atoms with E-state index in [2.05, 4.69) is 20.4 Å². The van der Waals surface area contributed by atoms with Gasteiger partial charge >= 0.3 is 6.61 Å². The molecule has 0 heterocycles. The standard InChI is InChI=1S/C22H27F2N3O3.HI/c1-25-22(26-12-16-9-10-19(28-2)20(11-16)30-21(23)24)27-13-17-5-3-4-6-18(17)29-14-15-7-8-15;/h3-6,9-11,15,21H,7-8,12-14H2,1-2H3,(H2,25,26,27);1H. The van der Waals surface area contributed by atoms with E-state index in [4.69, 9.17) is 9.47 Å². The second kappa shape index (κ2) is 12.5. The summed E-state index contributed by atoms with van der Waals surface area (Å²) >= 11 is 0. The molecule has 2 aromatic rings. The zero-order chi connectivity index (χ0) is 21.3. The lowest BCUT2D eigenvalue weighted by Gasteiger charge is -2.16. The van der Waals surface area contributed by atoms with Crippen molar-refractivity contribution in [3.63, 3.8) is 0 Å². The Morgan fingerprint density at radius 1 is 1.06 bits per heavy atom. The van der Waals surface area contributed by atoms with Crippen LogP contribution >= 0.6 is 24.0 Å². The van der Waals surface area contributed by atoms with Gasteiger partial charge in [0.05, 0.1) is 13.7 Å². The third-order valence-corrected chi connectivity index (χ3v) is 4.72. The molecular formula is C22H28F2IN3O3. The van der Waals surface area contributed by atoms with E-state index in [1.54, 1.807) is 19.2 Å². The molecule has 31 heavy (non-hydrogen) atoms. The summed E-state index contributed by atoms with van der Waals surface area (Å²) in [6.45, 7) is -1.24. The van der Waals surface area contributed by atoms with Crippen LogP contribution in [0.3, 0.4) is 0 Å². The molecule has 0 aromatic heterocycles. The van der Waals surface area contributed by atoms with Gasteiger partial charge in [-0.1, -0.05) is 24.3 Å². The molecule has 0 bridgehead atoms. The van der Waals surface area contributed by atoms with Crippen molar-refractivity contribution in [3.05, 3.63) is 53.6 Å². The van der Waals surface area contributed by atoms with Crippen molar-refractivity contribution >= 4 is 29.9 Å². The van der Waals surface area contributed by atoms with Crippen LogP contribution in [0, 0.1) is 5.92 Å². The Kier molecular flexibility index (Phi) is 10.1. The lowest BCUT2D eigenvalue weighted by atomic mass is 10.2. The average Bonchev–Trinajstić information content (AvgIpc) is 3.57. The van der Waals surface area contributed by atoms with E-state index in [0.717, 1.165) is 23.5 Å². The number of ether oxygens (including phenoxy) is 3. The number of hydrogen-bond donors (Lipinski definition) is 2. The summed E-state index contributed by atoms with van der Waals surface area (Å²) in [6, 6.07) is 12.8. The first-order valence-electron chi connectivity index (χ1n) is 9.86. The zero-order valence-electron chi connectivity index (χ0n) is 17.6. The molecule has 2 N–H and O–H groups in total. The molecule has 2 aromatic carbocycles. The monoisotopic (exact) mass is 547 g/mol. The lowest BCUT2D eigenvalue weighted by molar-refractivity contribution is -0.0512. The van der Waals surface area contributed by atoms with Crippen molar-refractivity contribution in [2.75, 3.05) is 20.8 Å². The molecule has 1 aliphatic rings. The van der Waals surface area contributed by atoms with Gasteiger partial charge in [0.2, 0.25) is 0 Å². The van der Waals surface area contributed by atoms with Crippen LogP contribution in [0.2, 0.25) is 0 Å². The van der Waals surface area contributed by atoms with Crippen molar-refractivity contribution in [1.29, 1.82) is 0 Å². The molecule has 0 amide bonds. The van der Waals surface area contributed by atoms with Gasteiger partial charge in [0.25, 0.3) is 0 Å². The maximum Gasteiger partial charge on any atom is 0.387 e. The molecule has 0 unspecified atom stereocenters. The Labute approximate surface area is 198 Å². The van der Waals surface area contributed by atoms with Crippen molar-refractivity contribution < 1.29 is 23.0 Å². The third-order valence-electron chi connectivity index (χ3n) is 4.72. The fraction of sp³-hybridized carbons (Fsp3) is 0.409.